The van der Waals surface area contributed by atoms with Crippen LogP contribution >= 0.6 is 0 Å². The van der Waals surface area contributed by atoms with Crippen molar-refractivity contribution < 1.29 is 9.63 Å². The predicted octanol–water partition coefficient (Wildman–Crippen LogP) is 2.28. The molecule has 1 spiro atoms. The Morgan fingerprint density at radius 3 is 2.78 bits per heavy atom. The lowest BCUT2D eigenvalue weighted by Gasteiger charge is -2.21. The van der Waals surface area contributed by atoms with Gasteiger partial charge in [-0.1, -0.05) is 43.3 Å². The third kappa shape index (κ3) is 3.39. The van der Waals surface area contributed by atoms with Crippen molar-refractivity contribution >= 4 is 11.6 Å². The van der Waals surface area contributed by atoms with Gasteiger partial charge in [-0.15, -0.1) is 0 Å². The third-order valence-electron chi connectivity index (χ3n) is 4.78. The monoisotopic (exact) mass is 315 g/mol. The van der Waals surface area contributed by atoms with Gasteiger partial charge in [0.25, 0.3) is 5.91 Å². The largest absolute Gasteiger partial charge is 0.387 e. The molecule has 1 atom stereocenters. The molecule has 0 unspecified atom stereocenters. The summed E-state index contributed by atoms with van der Waals surface area (Å²) in [5, 5.41) is 6.61. The smallest absolute Gasteiger partial charge is 0.268 e. The van der Waals surface area contributed by atoms with Crippen molar-refractivity contribution in [2.75, 3.05) is 20.1 Å². The molecule has 2 aliphatic rings. The molecular weight excluding hydrogens is 290 g/mol. The van der Waals surface area contributed by atoms with Crippen molar-refractivity contribution in [2.45, 2.75) is 44.8 Å². The molecule has 23 heavy (non-hydrogen) atoms. The zero-order valence-electron chi connectivity index (χ0n) is 14.1. The molecule has 1 fully saturated rings. The quantitative estimate of drug-likeness (QED) is 0.927. The number of oxime groups is 1. The molecule has 1 saturated heterocycles. The van der Waals surface area contributed by atoms with Crippen LogP contribution in [-0.4, -0.2) is 42.3 Å². The first-order valence-corrected chi connectivity index (χ1v) is 8.30. The van der Waals surface area contributed by atoms with Crippen molar-refractivity contribution in [3.63, 3.8) is 0 Å². The molecule has 0 saturated carbocycles. The maximum Gasteiger partial charge on any atom is 0.268 e. The van der Waals surface area contributed by atoms with Gasteiger partial charge in [0, 0.05) is 39.5 Å². The zero-order valence-corrected chi connectivity index (χ0v) is 14.1. The maximum atomic E-state index is 11.7. The summed E-state index contributed by atoms with van der Waals surface area (Å²) in [7, 11) is 1.62. The van der Waals surface area contributed by atoms with E-state index in [9.17, 15) is 4.79 Å². The highest BCUT2D eigenvalue weighted by Gasteiger charge is 2.46. The number of likely N-dealkylation sites (tertiary alicyclic amines) is 1. The molecule has 0 bridgehead atoms. The van der Waals surface area contributed by atoms with Crippen LogP contribution in [-0.2, 0) is 16.2 Å². The highest BCUT2D eigenvalue weighted by atomic mass is 16.7. The van der Waals surface area contributed by atoms with Gasteiger partial charge in [-0.25, -0.2) is 0 Å². The number of hydrogen-bond acceptors (Lipinski definition) is 4. The maximum absolute atomic E-state index is 11.7. The number of hydrogen-bond donors (Lipinski definition) is 1. The lowest BCUT2D eigenvalue weighted by molar-refractivity contribution is -0.114. The van der Waals surface area contributed by atoms with E-state index >= 15 is 0 Å². The normalized spacial score (nSPS) is 24.1. The number of carbonyl (C=O) groups is 1. The summed E-state index contributed by atoms with van der Waals surface area (Å²) in [6.07, 6.45) is 1.52. The van der Waals surface area contributed by atoms with Gasteiger partial charge in [-0.3, -0.25) is 9.69 Å². The van der Waals surface area contributed by atoms with Gasteiger partial charge in [0.2, 0.25) is 0 Å². The highest BCUT2D eigenvalue weighted by molar-refractivity contribution is 6.39. The molecule has 1 aromatic rings. The third-order valence-corrected chi connectivity index (χ3v) is 4.78. The first-order chi connectivity index (χ1) is 11.0. The predicted molar refractivity (Wildman–Crippen MR) is 90.4 cm³/mol. The minimum Gasteiger partial charge on any atom is -0.387 e. The number of rotatable bonds is 4. The van der Waals surface area contributed by atoms with Crippen molar-refractivity contribution in [1.82, 2.24) is 10.2 Å². The van der Waals surface area contributed by atoms with Crippen LogP contribution in [0.5, 0.6) is 0 Å². The van der Waals surface area contributed by atoms with Gasteiger partial charge in [-0.2, -0.15) is 0 Å². The van der Waals surface area contributed by atoms with E-state index in [1.165, 1.54) is 11.1 Å². The van der Waals surface area contributed by atoms with Crippen LogP contribution in [0.4, 0.5) is 0 Å². The van der Waals surface area contributed by atoms with E-state index in [0.717, 1.165) is 26.1 Å². The van der Waals surface area contributed by atoms with Crippen LogP contribution in [0.15, 0.2) is 29.4 Å². The van der Waals surface area contributed by atoms with Gasteiger partial charge >= 0.3 is 0 Å². The second kappa shape index (κ2) is 6.32. The van der Waals surface area contributed by atoms with E-state index in [-0.39, 0.29) is 11.5 Å². The molecule has 2 aliphatic heterocycles. The second-order valence-corrected chi connectivity index (χ2v) is 6.93. The number of nitrogens with one attached hydrogen (secondary N) is 1. The Kier molecular flexibility index (Phi) is 4.39. The van der Waals surface area contributed by atoms with Crippen LogP contribution in [0.25, 0.3) is 0 Å². The Labute approximate surface area is 137 Å². The Morgan fingerprint density at radius 1 is 1.39 bits per heavy atom. The minimum atomic E-state index is -0.306. The Morgan fingerprint density at radius 2 is 2.13 bits per heavy atom. The number of nitrogens with zero attached hydrogens (tertiary/aromatic N) is 2. The summed E-state index contributed by atoms with van der Waals surface area (Å²) in [6, 6.07) is 8.85. The highest BCUT2D eigenvalue weighted by Crippen LogP contribution is 2.34. The molecule has 124 valence electrons. The van der Waals surface area contributed by atoms with Gasteiger partial charge in [0.15, 0.2) is 5.60 Å². The Balaban J connectivity index is 1.57. The van der Waals surface area contributed by atoms with Crippen LogP contribution in [0.3, 0.4) is 0 Å². The molecule has 1 aromatic carbocycles. The molecule has 5 nitrogen and oxygen atoms in total. The lowest BCUT2D eigenvalue weighted by atomic mass is 9.96. The van der Waals surface area contributed by atoms with E-state index in [4.69, 9.17) is 4.84 Å². The van der Waals surface area contributed by atoms with E-state index in [1.54, 1.807) is 7.05 Å². The van der Waals surface area contributed by atoms with Crippen molar-refractivity contribution in [3.05, 3.63) is 35.4 Å². The minimum absolute atomic E-state index is 0.135. The summed E-state index contributed by atoms with van der Waals surface area (Å²) in [5.41, 5.74) is 2.89. The van der Waals surface area contributed by atoms with Crippen molar-refractivity contribution in [3.8, 4) is 0 Å². The fourth-order valence-corrected chi connectivity index (χ4v) is 3.34. The average molecular weight is 315 g/mol. The van der Waals surface area contributed by atoms with E-state index < -0.39 is 0 Å². The fourth-order valence-electron chi connectivity index (χ4n) is 3.34. The van der Waals surface area contributed by atoms with Crippen molar-refractivity contribution in [1.29, 1.82) is 0 Å². The van der Waals surface area contributed by atoms with Gasteiger partial charge in [0.1, 0.15) is 5.71 Å². The SMILES string of the molecule is CNC(=O)C1=NO[C@]2(CCN(Cc3ccc(C(C)C)cc3)C2)C1. The van der Waals surface area contributed by atoms with E-state index in [0.29, 0.717) is 18.1 Å². The molecule has 0 aromatic heterocycles. The van der Waals surface area contributed by atoms with Crippen LogP contribution < -0.4 is 5.32 Å². The molecular formula is C18H25N3O2. The molecule has 0 aliphatic carbocycles. The lowest BCUT2D eigenvalue weighted by Crippen LogP contribution is -2.36. The molecule has 1 amide bonds. The van der Waals surface area contributed by atoms with Crippen LogP contribution in [0.1, 0.15) is 43.7 Å². The Hall–Kier alpha value is -1.88. The van der Waals surface area contributed by atoms with Gasteiger partial charge in [-0.05, 0) is 17.0 Å². The van der Waals surface area contributed by atoms with Gasteiger partial charge in [0.05, 0.1) is 0 Å². The first kappa shape index (κ1) is 16.0. The van der Waals surface area contributed by atoms with Crippen molar-refractivity contribution in [2.24, 2.45) is 5.16 Å². The number of benzene rings is 1. The van der Waals surface area contributed by atoms with Gasteiger partial charge < -0.3 is 10.2 Å². The Bertz CT molecular complexity index is 609. The van der Waals surface area contributed by atoms with Crippen LogP contribution in [0.2, 0.25) is 0 Å². The topological polar surface area (TPSA) is 53.9 Å². The van der Waals surface area contributed by atoms with E-state index in [2.05, 4.69) is 53.5 Å². The number of carbonyl (C=O) groups excluding carboxylic acids is 1. The molecule has 3 rings (SSSR count). The summed E-state index contributed by atoms with van der Waals surface area (Å²) < 4.78 is 0. The summed E-state index contributed by atoms with van der Waals surface area (Å²) in [6.45, 7) is 7.13. The molecule has 1 N–H and O–H groups in total. The zero-order chi connectivity index (χ0) is 16.4. The molecule has 5 heteroatoms. The average Bonchev–Trinajstić information content (AvgIpc) is 3.14. The first-order valence-electron chi connectivity index (χ1n) is 8.30. The molecule has 2 heterocycles. The number of amides is 1. The second-order valence-electron chi connectivity index (χ2n) is 6.93. The molecule has 0 radical (unpaired) electrons. The van der Waals surface area contributed by atoms with Crippen LogP contribution in [0, 0.1) is 0 Å². The standard InChI is InChI=1S/C18H25N3O2/c1-13(2)15-6-4-14(5-7-15)11-21-9-8-18(12-21)10-16(20-23-18)17(22)19-3/h4-7,13H,8-12H2,1-3H3,(H,19,22)/t18-/m1/s1. The van der Waals surface area contributed by atoms with E-state index in [1.807, 2.05) is 0 Å². The fraction of sp³-hybridized carbons (Fsp3) is 0.556. The summed E-state index contributed by atoms with van der Waals surface area (Å²) >= 11 is 0. The summed E-state index contributed by atoms with van der Waals surface area (Å²) in [4.78, 5) is 19.7. The summed E-state index contributed by atoms with van der Waals surface area (Å²) in [5.74, 6) is 0.427.